The fraction of sp³-hybridized carbons (Fsp3) is 0.700. The number of hydrogen-bond donors (Lipinski definition) is 1. The molecule has 0 bridgehead atoms. The Morgan fingerprint density at radius 3 is 2.14 bits per heavy atom. The van der Waals surface area contributed by atoms with Crippen molar-refractivity contribution >= 4 is 17.3 Å². The van der Waals surface area contributed by atoms with E-state index in [4.69, 9.17) is 5.21 Å². The second-order valence-corrected chi connectivity index (χ2v) is 4.62. The molecule has 0 aromatic rings. The molecule has 0 amide bonds. The van der Waals surface area contributed by atoms with Crippen LogP contribution in [0.3, 0.4) is 0 Å². The minimum Gasteiger partial charge on any atom is -0.411 e. The summed E-state index contributed by atoms with van der Waals surface area (Å²) < 4.78 is 0. The van der Waals surface area contributed by atoms with Crippen LogP contribution >= 0.6 is 0 Å². The smallest absolute Gasteiger partial charge is 0.149 e. The van der Waals surface area contributed by atoms with Gasteiger partial charge >= 0.3 is 0 Å². The first-order valence-corrected chi connectivity index (χ1v) is 4.61. The van der Waals surface area contributed by atoms with E-state index in [0.717, 1.165) is 0 Å². The van der Waals surface area contributed by atoms with Crippen LogP contribution in [0.5, 0.6) is 0 Å². The van der Waals surface area contributed by atoms with Crippen molar-refractivity contribution in [2.24, 2.45) is 16.5 Å². The number of carbonyl (C=O) groups is 2. The summed E-state index contributed by atoms with van der Waals surface area (Å²) in [5.41, 5.74) is -0.0454. The van der Waals surface area contributed by atoms with Crippen LogP contribution < -0.4 is 0 Å². The standard InChI is InChI=1S/C10H15NO3/c1-6(11-14)9-7(12)4-10(2,3)5-8(9)13/h9,14H,4-5H2,1-3H3/b11-6+. The minimum absolute atomic E-state index is 0.137. The number of hydrogen-bond acceptors (Lipinski definition) is 4. The van der Waals surface area contributed by atoms with Crippen molar-refractivity contribution in [2.75, 3.05) is 0 Å². The van der Waals surface area contributed by atoms with Crippen molar-refractivity contribution in [3.8, 4) is 0 Å². The third-order valence-corrected chi connectivity index (χ3v) is 2.53. The molecule has 0 aromatic carbocycles. The molecule has 4 nitrogen and oxygen atoms in total. The maximum Gasteiger partial charge on any atom is 0.149 e. The highest BCUT2D eigenvalue weighted by Crippen LogP contribution is 2.34. The summed E-state index contributed by atoms with van der Waals surface area (Å²) in [6.07, 6.45) is 0.743. The predicted octanol–water partition coefficient (Wildman–Crippen LogP) is 1.41. The third kappa shape index (κ3) is 2.00. The van der Waals surface area contributed by atoms with E-state index in [2.05, 4.69) is 5.16 Å². The number of oxime groups is 1. The number of nitrogens with zero attached hydrogens (tertiary/aromatic N) is 1. The molecule has 0 heterocycles. The molecule has 0 unspecified atom stereocenters. The van der Waals surface area contributed by atoms with Gasteiger partial charge in [0.2, 0.25) is 0 Å². The second-order valence-electron chi connectivity index (χ2n) is 4.62. The van der Waals surface area contributed by atoms with E-state index in [1.165, 1.54) is 6.92 Å². The summed E-state index contributed by atoms with van der Waals surface area (Å²) in [6, 6.07) is 0. The molecule has 78 valence electrons. The van der Waals surface area contributed by atoms with Crippen LogP contribution in [-0.2, 0) is 9.59 Å². The van der Waals surface area contributed by atoms with E-state index in [1.807, 2.05) is 13.8 Å². The lowest BCUT2D eigenvalue weighted by Crippen LogP contribution is -2.41. The summed E-state index contributed by atoms with van der Waals surface area (Å²) in [7, 11) is 0. The van der Waals surface area contributed by atoms with Crippen molar-refractivity contribution in [2.45, 2.75) is 33.6 Å². The Morgan fingerprint density at radius 2 is 1.79 bits per heavy atom. The van der Waals surface area contributed by atoms with E-state index < -0.39 is 5.92 Å². The Morgan fingerprint density at radius 1 is 1.36 bits per heavy atom. The molecule has 1 rings (SSSR count). The fourth-order valence-corrected chi connectivity index (χ4v) is 1.91. The largest absolute Gasteiger partial charge is 0.411 e. The highest BCUT2D eigenvalue weighted by molar-refractivity contribution is 6.21. The van der Waals surface area contributed by atoms with Gasteiger partial charge in [-0.05, 0) is 12.3 Å². The molecule has 0 saturated heterocycles. The van der Waals surface area contributed by atoms with Crippen LogP contribution in [0.4, 0.5) is 0 Å². The van der Waals surface area contributed by atoms with Crippen LogP contribution in [-0.4, -0.2) is 22.5 Å². The lowest BCUT2D eigenvalue weighted by Gasteiger charge is -2.31. The third-order valence-electron chi connectivity index (χ3n) is 2.53. The Labute approximate surface area is 83.0 Å². The Kier molecular flexibility index (Phi) is 2.73. The maximum atomic E-state index is 11.6. The molecule has 1 aliphatic rings. The predicted molar refractivity (Wildman–Crippen MR) is 51.4 cm³/mol. The van der Waals surface area contributed by atoms with Crippen LogP contribution in [0.1, 0.15) is 33.6 Å². The maximum absolute atomic E-state index is 11.6. The molecule has 1 aliphatic carbocycles. The molecule has 0 aliphatic heterocycles. The zero-order valence-electron chi connectivity index (χ0n) is 8.70. The average molecular weight is 197 g/mol. The molecule has 0 radical (unpaired) electrons. The van der Waals surface area contributed by atoms with E-state index in [9.17, 15) is 9.59 Å². The molecular weight excluding hydrogens is 182 g/mol. The van der Waals surface area contributed by atoms with E-state index >= 15 is 0 Å². The number of carbonyl (C=O) groups excluding carboxylic acids is 2. The Bertz CT molecular complexity index is 284. The van der Waals surface area contributed by atoms with Crippen molar-refractivity contribution in [1.82, 2.24) is 0 Å². The second kappa shape index (κ2) is 3.52. The first kappa shape index (κ1) is 10.9. The van der Waals surface area contributed by atoms with Gasteiger partial charge in [0.05, 0.1) is 5.71 Å². The van der Waals surface area contributed by atoms with Gasteiger partial charge in [-0.15, -0.1) is 0 Å². The first-order chi connectivity index (χ1) is 6.37. The number of Topliss-reactive ketones (excluding diaryl/α,β-unsaturated/α-hetero) is 2. The molecule has 0 atom stereocenters. The van der Waals surface area contributed by atoms with Crippen molar-refractivity contribution in [3.05, 3.63) is 0 Å². The fourth-order valence-electron chi connectivity index (χ4n) is 1.91. The lowest BCUT2D eigenvalue weighted by molar-refractivity contribution is -0.136. The number of ketones is 2. The van der Waals surface area contributed by atoms with Gasteiger partial charge in [-0.2, -0.15) is 0 Å². The van der Waals surface area contributed by atoms with Crippen molar-refractivity contribution < 1.29 is 14.8 Å². The van der Waals surface area contributed by atoms with Crippen LogP contribution in [0.2, 0.25) is 0 Å². The first-order valence-electron chi connectivity index (χ1n) is 4.61. The number of rotatable bonds is 1. The highest BCUT2D eigenvalue weighted by atomic mass is 16.4. The summed E-state index contributed by atoms with van der Waals surface area (Å²) in [5, 5.41) is 11.5. The SMILES string of the molecule is C/C(=N\O)C1C(=O)CC(C)(C)CC1=O. The molecule has 1 N–H and O–H groups in total. The van der Waals surface area contributed by atoms with Gasteiger partial charge in [0, 0.05) is 12.8 Å². The Balaban J connectivity index is 2.92. The topological polar surface area (TPSA) is 66.7 Å². The molecule has 1 fully saturated rings. The van der Waals surface area contributed by atoms with E-state index in [-0.39, 0.29) is 22.7 Å². The minimum atomic E-state index is -0.812. The highest BCUT2D eigenvalue weighted by Gasteiger charge is 2.41. The summed E-state index contributed by atoms with van der Waals surface area (Å²) >= 11 is 0. The van der Waals surface area contributed by atoms with Crippen LogP contribution in [0, 0.1) is 11.3 Å². The average Bonchev–Trinajstić information content (AvgIpc) is 1.99. The van der Waals surface area contributed by atoms with E-state index in [1.54, 1.807) is 0 Å². The zero-order valence-corrected chi connectivity index (χ0v) is 8.70. The molecule has 0 aromatic heterocycles. The van der Waals surface area contributed by atoms with Crippen LogP contribution in [0.25, 0.3) is 0 Å². The molecule has 0 spiro atoms. The normalized spacial score (nSPS) is 24.1. The van der Waals surface area contributed by atoms with Crippen molar-refractivity contribution in [1.29, 1.82) is 0 Å². The van der Waals surface area contributed by atoms with Crippen LogP contribution in [0.15, 0.2) is 5.16 Å². The summed E-state index contributed by atoms with van der Waals surface area (Å²) in [4.78, 5) is 23.2. The quantitative estimate of drug-likeness (QED) is 0.299. The van der Waals surface area contributed by atoms with Gasteiger partial charge in [-0.25, -0.2) is 0 Å². The lowest BCUT2D eigenvalue weighted by atomic mass is 9.70. The van der Waals surface area contributed by atoms with E-state index in [0.29, 0.717) is 12.8 Å². The van der Waals surface area contributed by atoms with Gasteiger partial charge < -0.3 is 5.21 Å². The van der Waals surface area contributed by atoms with Gasteiger partial charge in [0.1, 0.15) is 17.5 Å². The molecular formula is C10H15NO3. The van der Waals surface area contributed by atoms with Crippen molar-refractivity contribution in [3.63, 3.8) is 0 Å². The monoisotopic (exact) mass is 197 g/mol. The van der Waals surface area contributed by atoms with Gasteiger partial charge in [-0.3, -0.25) is 9.59 Å². The Hall–Kier alpha value is -1.19. The summed E-state index contributed by atoms with van der Waals surface area (Å²) in [5.74, 6) is -1.09. The zero-order chi connectivity index (χ0) is 10.9. The van der Waals surface area contributed by atoms with Gasteiger partial charge in [0.15, 0.2) is 0 Å². The van der Waals surface area contributed by atoms with Gasteiger partial charge in [0.25, 0.3) is 0 Å². The summed E-state index contributed by atoms with van der Waals surface area (Å²) in [6.45, 7) is 5.29. The van der Waals surface area contributed by atoms with Gasteiger partial charge in [-0.1, -0.05) is 19.0 Å². The molecule has 1 saturated carbocycles. The molecule has 14 heavy (non-hydrogen) atoms. The molecule has 4 heteroatoms.